The van der Waals surface area contributed by atoms with E-state index >= 15 is 0 Å². The molecule has 0 aromatic rings. The van der Waals surface area contributed by atoms with Crippen molar-refractivity contribution in [3.63, 3.8) is 0 Å². The summed E-state index contributed by atoms with van der Waals surface area (Å²) in [6.45, 7) is 1.56. The highest BCUT2D eigenvalue weighted by molar-refractivity contribution is 5.74. The molecule has 0 atom stereocenters. The summed E-state index contributed by atoms with van der Waals surface area (Å²) in [7, 11) is 0. The van der Waals surface area contributed by atoms with Crippen LogP contribution in [0.3, 0.4) is 0 Å². The van der Waals surface area contributed by atoms with E-state index in [-0.39, 0.29) is 18.9 Å². The molecule has 0 aromatic carbocycles. The van der Waals surface area contributed by atoms with E-state index in [2.05, 4.69) is 5.32 Å². The first-order valence-electron chi connectivity index (χ1n) is 2.59. The molecule has 0 aliphatic rings. The molecule has 0 saturated heterocycles. The van der Waals surface area contributed by atoms with Crippen LogP contribution in [0.25, 0.3) is 0 Å². The Hall–Kier alpha value is -1.06. The Morgan fingerprint density at radius 2 is 2.11 bits per heavy atom. The van der Waals surface area contributed by atoms with Crippen molar-refractivity contribution < 1.29 is 14.7 Å². The predicted octanol–water partition coefficient (Wildman–Crippen LogP) is -0.403. The maximum absolute atomic E-state index is 10.1. The molecule has 0 bridgehead atoms. The fraction of sp³-hybridized carbons (Fsp3) is 0.600. The van der Waals surface area contributed by atoms with E-state index < -0.39 is 5.97 Å². The topological polar surface area (TPSA) is 66.4 Å². The van der Waals surface area contributed by atoms with Gasteiger partial charge in [-0.2, -0.15) is 0 Å². The number of carbonyl (C=O) groups excluding carboxylic acids is 1. The van der Waals surface area contributed by atoms with Crippen LogP contribution in [0, 0.1) is 0 Å². The molecule has 4 nitrogen and oxygen atoms in total. The van der Waals surface area contributed by atoms with Crippen LogP contribution in [0.1, 0.15) is 13.3 Å². The molecular weight excluding hydrogens is 122 g/mol. The summed E-state index contributed by atoms with van der Waals surface area (Å²) in [5.74, 6) is -1.10. The van der Waals surface area contributed by atoms with E-state index in [1.807, 2.05) is 0 Å². The highest BCUT2D eigenvalue weighted by Crippen LogP contribution is 1.73. The van der Waals surface area contributed by atoms with Gasteiger partial charge in [-0.25, -0.2) is 0 Å². The number of aliphatic carboxylic acids is 1. The van der Waals surface area contributed by atoms with Crippen molar-refractivity contribution in [1.29, 1.82) is 0 Å². The third-order valence-corrected chi connectivity index (χ3v) is 0.713. The predicted molar refractivity (Wildman–Crippen MR) is 30.9 cm³/mol. The van der Waals surface area contributed by atoms with E-state index in [0.29, 0.717) is 0 Å². The highest BCUT2D eigenvalue weighted by Gasteiger charge is 1.95. The first-order valence-corrected chi connectivity index (χ1v) is 2.59. The summed E-state index contributed by atoms with van der Waals surface area (Å²) in [5.41, 5.74) is 0. The molecule has 0 fully saturated rings. The zero-order valence-electron chi connectivity index (χ0n) is 5.18. The number of carboxylic acids is 1. The van der Waals surface area contributed by atoms with Gasteiger partial charge in [-0.3, -0.25) is 9.59 Å². The lowest BCUT2D eigenvalue weighted by Gasteiger charge is -1.95. The maximum Gasteiger partial charge on any atom is 0.305 e. The van der Waals surface area contributed by atoms with Gasteiger partial charge in [0.2, 0.25) is 5.91 Å². The lowest BCUT2D eigenvalue weighted by atomic mass is 10.4. The second-order valence-corrected chi connectivity index (χ2v) is 1.63. The van der Waals surface area contributed by atoms with Gasteiger partial charge in [0, 0.05) is 13.5 Å². The molecule has 0 aromatic heterocycles. The molecule has 9 heavy (non-hydrogen) atoms. The van der Waals surface area contributed by atoms with E-state index in [0.717, 1.165) is 0 Å². The van der Waals surface area contributed by atoms with Gasteiger partial charge in [0.1, 0.15) is 0 Å². The first-order chi connectivity index (χ1) is 4.13. The molecule has 0 spiro atoms. The van der Waals surface area contributed by atoms with Crippen LogP contribution in [0.2, 0.25) is 0 Å². The second-order valence-electron chi connectivity index (χ2n) is 1.63. The third kappa shape index (κ3) is 6.94. The average Bonchev–Trinajstić information content (AvgIpc) is 1.63. The van der Waals surface area contributed by atoms with Gasteiger partial charge < -0.3 is 10.4 Å². The summed E-state index contributed by atoms with van der Waals surface area (Å²) in [4.78, 5) is 20.0. The lowest BCUT2D eigenvalue weighted by molar-refractivity contribution is -0.136. The minimum Gasteiger partial charge on any atom is -0.481 e. The summed E-state index contributed by atoms with van der Waals surface area (Å²) >= 11 is 0. The third-order valence-electron chi connectivity index (χ3n) is 0.713. The number of hydrogen-bond donors (Lipinski definition) is 2. The minimum absolute atomic E-state index is 0.0143. The molecule has 2 N–H and O–H groups in total. The number of rotatable bonds is 3. The molecule has 0 unspecified atom stereocenters. The lowest BCUT2D eigenvalue weighted by Crippen LogP contribution is -2.22. The molecular formula is C5H9NO3. The summed E-state index contributed by atoms with van der Waals surface area (Å²) in [6.07, 6.45) is -0.0143. The normalized spacial score (nSPS) is 8.56. The molecule has 1 amide bonds. The van der Waals surface area contributed by atoms with Crippen LogP contribution >= 0.6 is 0 Å². The molecule has 0 radical (unpaired) electrons. The van der Waals surface area contributed by atoms with Crippen LogP contribution in [-0.4, -0.2) is 23.5 Å². The number of nitrogens with one attached hydrogen (secondary N) is 1. The largest absolute Gasteiger partial charge is 0.481 e. The molecule has 0 aliphatic carbocycles. The van der Waals surface area contributed by atoms with Gasteiger partial charge in [-0.15, -0.1) is 0 Å². The van der Waals surface area contributed by atoms with Crippen molar-refractivity contribution in [2.75, 3.05) is 6.54 Å². The van der Waals surface area contributed by atoms with Gasteiger partial charge >= 0.3 is 5.97 Å². The maximum atomic E-state index is 10.1. The molecule has 0 rings (SSSR count). The van der Waals surface area contributed by atoms with E-state index in [1.165, 1.54) is 6.92 Å². The average molecular weight is 131 g/mol. The van der Waals surface area contributed by atoms with Crippen LogP contribution in [0.15, 0.2) is 0 Å². The Bertz CT molecular complexity index is 107. The zero-order valence-corrected chi connectivity index (χ0v) is 5.18. The minimum atomic E-state index is -0.899. The molecule has 0 saturated carbocycles. The fourth-order valence-corrected chi connectivity index (χ4v) is 0.345. The summed E-state index contributed by atoms with van der Waals surface area (Å²) in [6, 6.07) is 0. The van der Waals surface area contributed by atoms with Crippen molar-refractivity contribution >= 4 is 11.9 Å². The molecule has 4 heteroatoms. The van der Waals surface area contributed by atoms with Gasteiger partial charge in [0.25, 0.3) is 0 Å². The monoisotopic (exact) mass is 131 g/mol. The highest BCUT2D eigenvalue weighted by atomic mass is 16.4. The Labute approximate surface area is 52.9 Å². The molecule has 0 aliphatic heterocycles. The molecule has 52 valence electrons. The van der Waals surface area contributed by atoms with Gasteiger partial charge in [-0.1, -0.05) is 0 Å². The summed E-state index contributed by atoms with van der Waals surface area (Å²) in [5, 5.41) is 10.4. The molecule has 0 heterocycles. The van der Waals surface area contributed by atoms with Gasteiger partial charge in [0.05, 0.1) is 6.42 Å². The Morgan fingerprint density at radius 3 is 2.44 bits per heavy atom. The first kappa shape index (κ1) is 7.94. The van der Waals surface area contributed by atoms with Crippen molar-refractivity contribution in [2.24, 2.45) is 0 Å². The SMILES string of the molecule is CC(=O)NCCC(=O)O. The Balaban J connectivity index is 3.10. The van der Waals surface area contributed by atoms with E-state index in [1.54, 1.807) is 0 Å². The van der Waals surface area contributed by atoms with Crippen LogP contribution in [-0.2, 0) is 9.59 Å². The van der Waals surface area contributed by atoms with Crippen molar-refractivity contribution in [3.05, 3.63) is 0 Å². The van der Waals surface area contributed by atoms with Crippen LogP contribution in [0.4, 0.5) is 0 Å². The van der Waals surface area contributed by atoms with E-state index in [9.17, 15) is 9.59 Å². The van der Waals surface area contributed by atoms with E-state index in [4.69, 9.17) is 5.11 Å². The van der Waals surface area contributed by atoms with Crippen molar-refractivity contribution in [3.8, 4) is 0 Å². The second kappa shape index (κ2) is 3.88. The Kier molecular flexibility index (Phi) is 3.43. The van der Waals surface area contributed by atoms with Crippen molar-refractivity contribution in [2.45, 2.75) is 13.3 Å². The number of amides is 1. The quantitative estimate of drug-likeness (QED) is 0.547. The smallest absolute Gasteiger partial charge is 0.305 e. The van der Waals surface area contributed by atoms with Gasteiger partial charge in [-0.05, 0) is 0 Å². The zero-order chi connectivity index (χ0) is 7.28. The fourth-order valence-electron chi connectivity index (χ4n) is 0.345. The standard InChI is InChI=1S/C5H9NO3/c1-4(7)6-3-2-5(8)9/h2-3H2,1H3,(H,6,7)(H,8,9). The number of hydrogen-bond acceptors (Lipinski definition) is 2. The number of carbonyl (C=O) groups is 2. The summed E-state index contributed by atoms with van der Waals surface area (Å²) < 4.78 is 0. The number of carboxylic acid groups (broad SMARTS) is 1. The Morgan fingerprint density at radius 1 is 1.56 bits per heavy atom. The van der Waals surface area contributed by atoms with Crippen LogP contribution < -0.4 is 5.32 Å². The van der Waals surface area contributed by atoms with Gasteiger partial charge in [0.15, 0.2) is 0 Å². The van der Waals surface area contributed by atoms with Crippen molar-refractivity contribution in [1.82, 2.24) is 5.32 Å². The van der Waals surface area contributed by atoms with Crippen LogP contribution in [0.5, 0.6) is 0 Å².